The van der Waals surface area contributed by atoms with Crippen LogP contribution in [0, 0.1) is 0 Å². The first kappa shape index (κ1) is 10.1. The zero-order chi connectivity index (χ0) is 10.8. The summed E-state index contributed by atoms with van der Waals surface area (Å²) in [5.41, 5.74) is 0. The van der Waals surface area contributed by atoms with Gasteiger partial charge in [0, 0.05) is 16.9 Å². The molecule has 1 aliphatic heterocycles. The summed E-state index contributed by atoms with van der Waals surface area (Å²) in [6.07, 6.45) is 0.322. The Morgan fingerprint density at radius 1 is 1.19 bits per heavy atom. The van der Waals surface area contributed by atoms with Gasteiger partial charge >= 0.3 is 0 Å². The molecule has 1 saturated heterocycles. The minimum atomic E-state index is 0.322. The average molecular weight is 232 g/mol. The van der Waals surface area contributed by atoms with Crippen molar-refractivity contribution in [2.45, 2.75) is 11.0 Å². The van der Waals surface area contributed by atoms with Crippen molar-refractivity contribution in [2.75, 3.05) is 13.2 Å². The van der Waals surface area contributed by atoms with Gasteiger partial charge < -0.3 is 8.92 Å². The van der Waals surface area contributed by atoms with Crippen LogP contribution in [-0.2, 0) is 8.92 Å². The molecule has 1 unspecified atom stereocenters. The van der Waals surface area contributed by atoms with Crippen molar-refractivity contribution in [3.05, 3.63) is 42.5 Å². The van der Waals surface area contributed by atoms with Crippen LogP contribution in [0.15, 0.2) is 47.4 Å². The summed E-state index contributed by atoms with van der Waals surface area (Å²) in [5.74, 6) is 0. The van der Waals surface area contributed by atoms with E-state index in [2.05, 4.69) is 42.5 Å². The maximum atomic E-state index is 5.54. The molecule has 3 rings (SSSR count). The first-order valence-electron chi connectivity index (χ1n) is 5.32. The van der Waals surface area contributed by atoms with E-state index in [0.717, 1.165) is 6.61 Å². The molecule has 1 heterocycles. The molecule has 0 amide bonds. The Kier molecular flexibility index (Phi) is 2.82. The van der Waals surface area contributed by atoms with Gasteiger partial charge in [-0.3, -0.25) is 0 Å². The van der Waals surface area contributed by atoms with Crippen molar-refractivity contribution < 1.29 is 8.92 Å². The highest BCUT2D eigenvalue weighted by molar-refractivity contribution is 7.95. The molecule has 2 nitrogen and oxygen atoms in total. The Morgan fingerprint density at radius 3 is 2.88 bits per heavy atom. The lowest BCUT2D eigenvalue weighted by Gasteiger charge is -2.05. The largest absolute Gasteiger partial charge is 0.371 e. The first-order valence-corrected chi connectivity index (χ1v) is 6.06. The SMILES string of the molecule is c1ccc2c(SOCC3CO3)cccc2c1. The van der Waals surface area contributed by atoms with Crippen molar-refractivity contribution in [2.24, 2.45) is 0 Å². The van der Waals surface area contributed by atoms with Crippen LogP contribution in [0.4, 0.5) is 0 Å². The van der Waals surface area contributed by atoms with Crippen LogP contribution in [0.2, 0.25) is 0 Å². The zero-order valence-electron chi connectivity index (χ0n) is 8.76. The van der Waals surface area contributed by atoms with E-state index in [9.17, 15) is 0 Å². The van der Waals surface area contributed by atoms with Crippen molar-refractivity contribution in [3.8, 4) is 0 Å². The molecular formula is C13H12O2S. The molecule has 3 heteroatoms. The monoisotopic (exact) mass is 232 g/mol. The fraction of sp³-hybridized carbons (Fsp3) is 0.231. The molecule has 0 aromatic heterocycles. The van der Waals surface area contributed by atoms with Gasteiger partial charge in [-0.05, 0) is 16.8 Å². The smallest absolute Gasteiger partial charge is 0.106 e. The Bertz CT molecular complexity index is 489. The number of benzene rings is 2. The van der Waals surface area contributed by atoms with E-state index in [4.69, 9.17) is 8.92 Å². The number of hydrogen-bond donors (Lipinski definition) is 0. The van der Waals surface area contributed by atoms with Gasteiger partial charge in [0.1, 0.15) is 6.10 Å². The van der Waals surface area contributed by atoms with Crippen LogP contribution >= 0.6 is 12.0 Å². The van der Waals surface area contributed by atoms with Gasteiger partial charge in [0.05, 0.1) is 13.2 Å². The number of hydrogen-bond acceptors (Lipinski definition) is 3. The van der Waals surface area contributed by atoms with E-state index < -0.39 is 0 Å². The van der Waals surface area contributed by atoms with E-state index in [1.807, 2.05) is 0 Å². The Morgan fingerprint density at radius 2 is 2.00 bits per heavy atom. The van der Waals surface area contributed by atoms with Gasteiger partial charge in [-0.1, -0.05) is 36.4 Å². The van der Waals surface area contributed by atoms with E-state index in [1.165, 1.54) is 27.7 Å². The first-order chi connectivity index (χ1) is 7.93. The quantitative estimate of drug-likeness (QED) is 0.596. The zero-order valence-corrected chi connectivity index (χ0v) is 9.57. The molecule has 0 N–H and O–H groups in total. The summed E-state index contributed by atoms with van der Waals surface area (Å²) in [6, 6.07) is 14.6. The van der Waals surface area contributed by atoms with Gasteiger partial charge in [0.15, 0.2) is 0 Å². The highest BCUT2D eigenvalue weighted by atomic mass is 32.2. The van der Waals surface area contributed by atoms with Gasteiger partial charge in [-0.15, -0.1) is 0 Å². The van der Waals surface area contributed by atoms with Crippen LogP contribution in [-0.4, -0.2) is 19.3 Å². The fourth-order valence-electron chi connectivity index (χ4n) is 1.61. The van der Waals surface area contributed by atoms with Crippen LogP contribution in [0.3, 0.4) is 0 Å². The molecule has 1 aliphatic rings. The summed E-state index contributed by atoms with van der Waals surface area (Å²) in [7, 11) is 0. The summed E-state index contributed by atoms with van der Waals surface area (Å²) < 4.78 is 10.6. The van der Waals surface area contributed by atoms with Crippen LogP contribution < -0.4 is 0 Å². The van der Waals surface area contributed by atoms with E-state index >= 15 is 0 Å². The predicted octanol–water partition coefficient (Wildman–Crippen LogP) is 3.26. The third kappa shape index (κ3) is 2.21. The van der Waals surface area contributed by atoms with E-state index in [1.54, 1.807) is 0 Å². The lowest BCUT2D eigenvalue weighted by Crippen LogP contribution is -1.94. The average Bonchev–Trinajstić information content (AvgIpc) is 3.13. The van der Waals surface area contributed by atoms with Gasteiger partial charge in [-0.2, -0.15) is 0 Å². The molecule has 0 saturated carbocycles. The van der Waals surface area contributed by atoms with E-state index in [-0.39, 0.29) is 0 Å². The molecule has 0 aliphatic carbocycles. The standard InChI is InChI=1S/C13H12O2S/c1-2-6-12-10(4-1)5-3-7-13(12)16-15-9-11-8-14-11/h1-7,11H,8-9H2. The number of fused-ring (bicyclic) bond motifs is 1. The Hall–Kier alpha value is -1.03. The van der Waals surface area contributed by atoms with E-state index in [0.29, 0.717) is 12.7 Å². The second-order valence-electron chi connectivity index (χ2n) is 3.80. The number of epoxide rings is 1. The van der Waals surface area contributed by atoms with Gasteiger partial charge in [0.2, 0.25) is 0 Å². The second-order valence-corrected chi connectivity index (χ2v) is 4.64. The second kappa shape index (κ2) is 4.45. The minimum absolute atomic E-state index is 0.322. The molecule has 1 atom stereocenters. The van der Waals surface area contributed by atoms with Crippen molar-refractivity contribution >= 4 is 22.8 Å². The molecule has 16 heavy (non-hydrogen) atoms. The molecular weight excluding hydrogens is 220 g/mol. The lowest BCUT2D eigenvalue weighted by atomic mass is 10.1. The Labute approximate surface area is 98.8 Å². The molecule has 82 valence electrons. The highest BCUT2D eigenvalue weighted by Gasteiger charge is 2.22. The van der Waals surface area contributed by atoms with Crippen LogP contribution in [0.5, 0.6) is 0 Å². The summed E-state index contributed by atoms with van der Waals surface area (Å²) in [6.45, 7) is 1.52. The van der Waals surface area contributed by atoms with Gasteiger partial charge in [0.25, 0.3) is 0 Å². The maximum absolute atomic E-state index is 5.54. The molecule has 1 fully saturated rings. The third-order valence-corrected chi connectivity index (χ3v) is 3.34. The summed E-state index contributed by atoms with van der Waals surface area (Å²) in [5, 5.41) is 2.49. The van der Waals surface area contributed by atoms with Crippen molar-refractivity contribution in [1.82, 2.24) is 0 Å². The van der Waals surface area contributed by atoms with Gasteiger partial charge in [-0.25, -0.2) is 0 Å². The lowest BCUT2D eigenvalue weighted by molar-refractivity contribution is 0.296. The van der Waals surface area contributed by atoms with Crippen LogP contribution in [0.25, 0.3) is 10.8 Å². The molecule has 2 aromatic carbocycles. The molecule has 0 spiro atoms. The predicted molar refractivity (Wildman–Crippen MR) is 65.5 cm³/mol. The van der Waals surface area contributed by atoms with Crippen molar-refractivity contribution in [3.63, 3.8) is 0 Å². The molecule has 2 aromatic rings. The summed E-state index contributed by atoms with van der Waals surface area (Å²) in [4.78, 5) is 1.17. The maximum Gasteiger partial charge on any atom is 0.106 e. The normalized spacial score (nSPS) is 18.9. The number of ether oxygens (including phenoxy) is 1. The topological polar surface area (TPSA) is 21.8 Å². The minimum Gasteiger partial charge on any atom is -0.371 e. The Balaban J connectivity index is 1.79. The fourth-order valence-corrected chi connectivity index (χ4v) is 2.36. The third-order valence-electron chi connectivity index (χ3n) is 2.55. The number of rotatable bonds is 4. The summed E-state index contributed by atoms with van der Waals surface area (Å²) >= 11 is 1.44. The highest BCUT2D eigenvalue weighted by Crippen LogP contribution is 2.29. The van der Waals surface area contributed by atoms with Crippen LogP contribution in [0.1, 0.15) is 0 Å². The molecule has 0 bridgehead atoms. The van der Waals surface area contributed by atoms with Crippen molar-refractivity contribution in [1.29, 1.82) is 0 Å². The molecule has 0 radical (unpaired) electrons.